The molecule has 2 nitrogen and oxygen atoms in total. The number of hydrogen-bond acceptors (Lipinski definition) is 3. The van der Waals surface area contributed by atoms with Gasteiger partial charge in [0.05, 0.1) is 4.34 Å². The molecule has 1 aromatic rings. The third kappa shape index (κ3) is 2.98. The van der Waals surface area contributed by atoms with E-state index in [-0.39, 0.29) is 0 Å². The van der Waals surface area contributed by atoms with Gasteiger partial charge in [-0.25, -0.2) is 0 Å². The molecule has 0 spiro atoms. The first-order valence-corrected chi connectivity index (χ1v) is 7.20. The monoisotopic (exact) mass is 258 g/mol. The number of nitrogens with zero attached hydrogens (tertiary/aromatic N) is 1. The minimum Gasteiger partial charge on any atom is -0.314 e. The Kier molecular flexibility index (Phi) is 4.65. The number of nitrogens with one attached hydrogen (secondary N) is 1. The third-order valence-corrected chi connectivity index (χ3v) is 4.41. The minimum absolute atomic E-state index is 0.574. The lowest BCUT2D eigenvalue weighted by Gasteiger charge is -2.34. The summed E-state index contributed by atoms with van der Waals surface area (Å²) in [6.07, 6.45) is 2.46. The maximum Gasteiger partial charge on any atom is 0.0931 e. The lowest BCUT2D eigenvalue weighted by Crippen LogP contribution is -2.44. The zero-order valence-corrected chi connectivity index (χ0v) is 11.3. The molecule has 0 unspecified atom stereocenters. The molecule has 0 bridgehead atoms. The highest BCUT2D eigenvalue weighted by Crippen LogP contribution is 2.33. The smallest absolute Gasteiger partial charge is 0.0931 e. The van der Waals surface area contributed by atoms with Gasteiger partial charge in [0.2, 0.25) is 0 Å². The number of hydrogen-bond donors (Lipinski definition) is 1. The van der Waals surface area contributed by atoms with Gasteiger partial charge in [0.1, 0.15) is 0 Å². The molecule has 0 aromatic carbocycles. The number of thiophene rings is 1. The summed E-state index contributed by atoms with van der Waals surface area (Å²) in [5, 5.41) is 3.40. The molecule has 1 aliphatic heterocycles. The molecule has 2 heterocycles. The first-order valence-electron chi connectivity index (χ1n) is 6.01. The van der Waals surface area contributed by atoms with Crippen LogP contribution < -0.4 is 5.32 Å². The summed E-state index contributed by atoms with van der Waals surface area (Å²) in [4.78, 5) is 4.01. The second-order valence-corrected chi connectivity index (χ2v) is 5.98. The van der Waals surface area contributed by atoms with Gasteiger partial charge in [-0.15, -0.1) is 11.3 Å². The lowest BCUT2D eigenvalue weighted by molar-refractivity contribution is 0.167. The molecular weight excluding hydrogens is 240 g/mol. The molecule has 1 aliphatic rings. The SMILES string of the molecule is CCC[C@@H](c1ccc(Cl)s1)N1CCNCC1. The zero-order chi connectivity index (χ0) is 11.4. The molecule has 1 fully saturated rings. The largest absolute Gasteiger partial charge is 0.314 e. The van der Waals surface area contributed by atoms with E-state index in [0.29, 0.717) is 6.04 Å². The van der Waals surface area contributed by atoms with E-state index in [2.05, 4.69) is 23.2 Å². The molecule has 0 amide bonds. The molecular formula is C12H19ClN2S. The van der Waals surface area contributed by atoms with Crippen molar-refractivity contribution in [1.29, 1.82) is 0 Å². The van der Waals surface area contributed by atoms with Gasteiger partial charge >= 0.3 is 0 Å². The minimum atomic E-state index is 0.574. The molecule has 1 saturated heterocycles. The number of rotatable bonds is 4. The Bertz CT molecular complexity index is 321. The van der Waals surface area contributed by atoms with E-state index in [1.165, 1.54) is 17.7 Å². The highest BCUT2D eigenvalue weighted by Gasteiger charge is 2.22. The van der Waals surface area contributed by atoms with Crippen molar-refractivity contribution in [1.82, 2.24) is 10.2 Å². The fraction of sp³-hybridized carbons (Fsp3) is 0.667. The van der Waals surface area contributed by atoms with Gasteiger partial charge in [-0.3, -0.25) is 4.90 Å². The Morgan fingerprint density at radius 2 is 2.19 bits per heavy atom. The highest BCUT2D eigenvalue weighted by molar-refractivity contribution is 7.16. The average Bonchev–Trinajstić information content (AvgIpc) is 2.74. The first kappa shape index (κ1) is 12.4. The number of piperazine rings is 1. The van der Waals surface area contributed by atoms with Gasteiger partial charge in [0, 0.05) is 37.1 Å². The lowest BCUT2D eigenvalue weighted by atomic mass is 10.1. The van der Waals surface area contributed by atoms with Crippen molar-refractivity contribution in [2.45, 2.75) is 25.8 Å². The van der Waals surface area contributed by atoms with Crippen LogP contribution in [0.3, 0.4) is 0 Å². The summed E-state index contributed by atoms with van der Waals surface area (Å²) in [6, 6.07) is 4.78. The van der Waals surface area contributed by atoms with E-state index >= 15 is 0 Å². The van der Waals surface area contributed by atoms with Gasteiger partial charge in [-0.2, -0.15) is 0 Å². The zero-order valence-electron chi connectivity index (χ0n) is 9.71. The van der Waals surface area contributed by atoms with Crippen LogP contribution in [-0.4, -0.2) is 31.1 Å². The summed E-state index contributed by atoms with van der Waals surface area (Å²) >= 11 is 7.76. The van der Waals surface area contributed by atoms with Crippen molar-refractivity contribution >= 4 is 22.9 Å². The maximum absolute atomic E-state index is 6.03. The van der Waals surface area contributed by atoms with E-state index in [9.17, 15) is 0 Å². The van der Waals surface area contributed by atoms with E-state index < -0.39 is 0 Å². The Balaban J connectivity index is 2.09. The van der Waals surface area contributed by atoms with Gasteiger partial charge in [-0.1, -0.05) is 24.9 Å². The van der Waals surface area contributed by atoms with Crippen LogP contribution in [0.1, 0.15) is 30.7 Å². The van der Waals surface area contributed by atoms with Crippen molar-refractivity contribution in [3.63, 3.8) is 0 Å². The summed E-state index contributed by atoms with van der Waals surface area (Å²) in [6.45, 7) is 6.78. The van der Waals surface area contributed by atoms with Crippen LogP contribution in [0.25, 0.3) is 0 Å². The highest BCUT2D eigenvalue weighted by atomic mass is 35.5. The molecule has 2 rings (SSSR count). The third-order valence-electron chi connectivity index (χ3n) is 3.08. The summed E-state index contributed by atoms with van der Waals surface area (Å²) < 4.78 is 0.909. The van der Waals surface area contributed by atoms with Gasteiger partial charge in [-0.05, 0) is 18.6 Å². The van der Waals surface area contributed by atoms with Crippen molar-refractivity contribution in [2.75, 3.05) is 26.2 Å². The van der Waals surface area contributed by atoms with E-state index in [0.717, 1.165) is 30.5 Å². The van der Waals surface area contributed by atoms with Crippen molar-refractivity contribution < 1.29 is 0 Å². The summed E-state index contributed by atoms with van der Waals surface area (Å²) in [5.41, 5.74) is 0. The molecule has 0 saturated carbocycles. The Morgan fingerprint density at radius 3 is 2.75 bits per heavy atom. The van der Waals surface area contributed by atoms with E-state index in [1.54, 1.807) is 11.3 Å². The Labute approximate surface area is 107 Å². The van der Waals surface area contributed by atoms with Crippen LogP contribution >= 0.6 is 22.9 Å². The van der Waals surface area contributed by atoms with E-state index in [1.807, 2.05) is 6.07 Å². The van der Waals surface area contributed by atoms with Crippen LogP contribution in [0.2, 0.25) is 4.34 Å². The molecule has 1 atom stereocenters. The van der Waals surface area contributed by atoms with Crippen LogP contribution in [0.5, 0.6) is 0 Å². The predicted molar refractivity (Wildman–Crippen MR) is 71.4 cm³/mol. The van der Waals surface area contributed by atoms with Gasteiger partial charge in [0.25, 0.3) is 0 Å². The molecule has 4 heteroatoms. The van der Waals surface area contributed by atoms with Crippen LogP contribution in [-0.2, 0) is 0 Å². The van der Waals surface area contributed by atoms with Crippen LogP contribution in [0.4, 0.5) is 0 Å². The molecule has 1 N–H and O–H groups in total. The molecule has 0 radical (unpaired) electrons. The fourth-order valence-corrected chi connectivity index (χ4v) is 3.51. The summed E-state index contributed by atoms with van der Waals surface area (Å²) in [5.74, 6) is 0. The second-order valence-electron chi connectivity index (χ2n) is 4.23. The van der Waals surface area contributed by atoms with Crippen molar-refractivity contribution in [2.24, 2.45) is 0 Å². The summed E-state index contributed by atoms with van der Waals surface area (Å²) in [7, 11) is 0. The average molecular weight is 259 g/mol. The molecule has 90 valence electrons. The maximum atomic E-state index is 6.03. The Hall–Kier alpha value is -0.0900. The normalized spacial score (nSPS) is 19.9. The standard InChI is InChI=1S/C12H19ClN2S/c1-2-3-10(11-4-5-12(13)16-11)15-8-6-14-7-9-15/h4-5,10,14H,2-3,6-9H2,1H3/t10-/m0/s1. The van der Waals surface area contributed by atoms with Crippen molar-refractivity contribution in [3.05, 3.63) is 21.3 Å². The second kappa shape index (κ2) is 6.01. The Morgan fingerprint density at radius 1 is 1.44 bits per heavy atom. The molecule has 1 aromatic heterocycles. The molecule has 0 aliphatic carbocycles. The number of halogens is 1. The van der Waals surface area contributed by atoms with E-state index in [4.69, 9.17) is 11.6 Å². The van der Waals surface area contributed by atoms with Gasteiger partial charge in [0.15, 0.2) is 0 Å². The van der Waals surface area contributed by atoms with Crippen LogP contribution in [0, 0.1) is 0 Å². The fourth-order valence-electron chi connectivity index (χ4n) is 2.28. The quantitative estimate of drug-likeness (QED) is 0.893. The topological polar surface area (TPSA) is 15.3 Å². The van der Waals surface area contributed by atoms with Gasteiger partial charge < -0.3 is 5.32 Å². The predicted octanol–water partition coefficient (Wildman–Crippen LogP) is 3.15. The van der Waals surface area contributed by atoms with Crippen LogP contribution in [0.15, 0.2) is 12.1 Å². The van der Waals surface area contributed by atoms with Crippen molar-refractivity contribution in [3.8, 4) is 0 Å². The first-order chi connectivity index (χ1) is 7.81. The molecule has 16 heavy (non-hydrogen) atoms.